The highest BCUT2D eigenvalue weighted by Gasteiger charge is 2.34. The molecule has 1 fully saturated rings. The summed E-state index contributed by atoms with van der Waals surface area (Å²) in [6.07, 6.45) is -0.607. The molecule has 3 rings (SSSR count). The lowest BCUT2D eigenvalue weighted by Gasteiger charge is -2.35. The Balaban J connectivity index is 1.72. The van der Waals surface area contributed by atoms with Crippen molar-refractivity contribution in [1.29, 1.82) is 0 Å². The molecule has 1 aromatic heterocycles. The van der Waals surface area contributed by atoms with Crippen molar-refractivity contribution < 1.29 is 14.3 Å². The molecule has 0 bridgehead atoms. The summed E-state index contributed by atoms with van der Waals surface area (Å²) in [7, 11) is 0. The molecule has 2 heterocycles. The fraction of sp³-hybridized carbons (Fsp3) is 0.467. The molecule has 122 valence electrons. The molecule has 1 aliphatic rings. The van der Waals surface area contributed by atoms with Gasteiger partial charge in [0.25, 0.3) is 5.91 Å². The van der Waals surface area contributed by atoms with E-state index in [1.807, 2.05) is 31.2 Å². The first kappa shape index (κ1) is 15.4. The first-order chi connectivity index (χ1) is 11.1. The Labute approximate surface area is 133 Å². The average molecular weight is 317 g/mol. The first-order valence-electron chi connectivity index (χ1n) is 7.50. The predicted octanol–water partition coefficient (Wildman–Crippen LogP) is 0.876. The highest BCUT2D eigenvalue weighted by molar-refractivity contribution is 5.81. The third kappa shape index (κ3) is 3.48. The molecular weight excluding hydrogens is 298 g/mol. The van der Waals surface area contributed by atoms with Crippen LogP contribution in [-0.2, 0) is 9.53 Å². The average Bonchev–Trinajstić information content (AvgIpc) is 3.08. The maximum atomic E-state index is 12.8. The molecule has 2 unspecified atom stereocenters. The van der Waals surface area contributed by atoms with Gasteiger partial charge in [0.15, 0.2) is 11.9 Å². The number of nitrogens with one attached hydrogen (secondary N) is 1. The van der Waals surface area contributed by atoms with Crippen LogP contribution in [-0.4, -0.2) is 57.3 Å². The number of hydrogen-bond donors (Lipinski definition) is 1. The minimum Gasteiger partial charge on any atom is -0.481 e. The Kier molecular flexibility index (Phi) is 4.52. The van der Waals surface area contributed by atoms with E-state index < -0.39 is 6.10 Å². The number of rotatable bonds is 4. The highest BCUT2D eigenvalue weighted by atomic mass is 16.5. The number of aromatic nitrogens is 4. The number of aromatic amines is 1. The van der Waals surface area contributed by atoms with Crippen molar-refractivity contribution in [3.05, 3.63) is 35.7 Å². The molecule has 2 atom stereocenters. The van der Waals surface area contributed by atoms with Crippen LogP contribution in [0.25, 0.3) is 0 Å². The second-order valence-electron chi connectivity index (χ2n) is 5.47. The van der Waals surface area contributed by atoms with E-state index in [1.165, 1.54) is 0 Å². The fourth-order valence-corrected chi connectivity index (χ4v) is 2.57. The Bertz CT molecular complexity index is 661. The molecule has 0 aliphatic carbocycles. The van der Waals surface area contributed by atoms with Crippen molar-refractivity contribution in [3.8, 4) is 5.75 Å². The van der Waals surface area contributed by atoms with Gasteiger partial charge in [-0.05, 0) is 31.5 Å². The minimum atomic E-state index is -0.607. The van der Waals surface area contributed by atoms with Crippen LogP contribution in [0, 0.1) is 6.92 Å². The van der Waals surface area contributed by atoms with Crippen LogP contribution in [0.5, 0.6) is 5.75 Å². The summed E-state index contributed by atoms with van der Waals surface area (Å²) >= 11 is 0. The van der Waals surface area contributed by atoms with Crippen LogP contribution in [0.4, 0.5) is 0 Å². The molecule has 1 aliphatic heterocycles. The van der Waals surface area contributed by atoms with Crippen molar-refractivity contribution in [2.24, 2.45) is 0 Å². The largest absolute Gasteiger partial charge is 0.481 e. The smallest absolute Gasteiger partial charge is 0.264 e. The molecule has 8 nitrogen and oxygen atoms in total. The fourth-order valence-electron chi connectivity index (χ4n) is 2.57. The lowest BCUT2D eigenvalue weighted by molar-refractivity contribution is -0.147. The number of morpholine rings is 1. The quantitative estimate of drug-likeness (QED) is 0.899. The summed E-state index contributed by atoms with van der Waals surface area (Å²) in [5.41, 5.74) is 1.08. The van der Waals surface area contributed by atoms with Gasteiger partial charge in [-0.3, -0.25) is 4.79 Å². The Morgan fingerprint density at radius 2 is 2.39 bits per heavy atom. The second kappa shape index (κ2) is 6.74. The molecule has 23 heavy (non-hydrogen) atoms. The molecule has 1 amide bonds. The minimum absolute atomic E-state index is 0.121. The number of ether oxygens (including phenoxy) is 2. The van der Waals surface area contributed by atoms with E-state index in [1.54, 1.807) is 11.8 Å². The molecular formula is C15H19N5O3. The molecule has 1 N–H and O–H groups in total. The van der Waals surface area contributed by atoms with Crippen LogP contribution >= 0.6 is 0 Å². The van der Waals surface area contributed by atoms with Gasteiger partial charge in [0.2, 0.25) is 0 Å². The number of tetrazole rings is 1. The van der Waals surface area contributed by atoms with Crippen LogP contribution in [0.15, 0.2) is 24.3 Å². The molecule has 1 aromatic carbocycles. The maximum absolute atomic E-state index is 12.8. The third-order valence-electron chi connectivity index (χ3n) is 3.72. The van der Waals surface area contributed by atoms with Gasteiger partial charge in [0.1, 0.15) is 11.8 Å². The summed E-state index contributed by atoms with van der Waals surface area (Å²) in [5.74, 6) is 1.00. The summed E-state index contributed by atoms with van der Waals surface area (Å²) in [6.45, 7) is 5.03. The van der Waals surface area contributed by atoms with Gasteiger partial charge in [-0.2, -0.15) is 5.21 Å². The summed E-state index contributed by atoms with van der Waals surface area (Å²) in [6, 6.07) is 7.28. The summed E-state index contributed by atoms with van der Waals surface area (Å²) < 4.78 is 11.2. The number of amides is 1. The molecule has 0 spiro atoms. The monoisotopic (exact) mass is 317 g/mol. The number of carbonyl (C=O) groups excluding carboxylic acids is 1. The molecule has 0 radical (unpaired) electrons. The number of carbonyl (C=O) groups is 1. The lowest BCUT2D eigenvalue weighted by Crippen LogP contribution is -2.48. The van der Waals surface area contributed by atoms with Crippen LogP contribution in [0.1, 0.15) is 24.4 Å². The molecule has 0 saturated carbocycles. The standard InChI is InChI=1S/C15H19N5O3/c1-10-4-3-5-12(8-10)23-11(2)15(21)20-6-7-22-9-13(20)14-16-18-19-17-14/h3-5,8,11,13H,6-7,9H2,1-2H3,(H,16,17,18,19). The van der Waals surface area contributed by atoms with Gasteiger partial charge in [0, 0.05) is 6.54 Å². The third-order valence-corrected chi connectivity index (χ3v) is 3.72. The maximum Gasteiger partial charge on any atom is 0.264 e. The van der Waals surface area contributed by atoms with Gasteiger partial charge in [0.05, 0.1) is 13.2 Å². The van der Waals surface area contributed by atoms with Gasteiger partial charge in [-0.1, -0.05) is 17.3 Å². The Hall–Kier alpha value is -2.48. The SMILES string of the molecule is Cc1cccc(OC(C)C(=O)N2CCOCC2c2nn[nH]n2)c1. The predicted molar refractivity (Wildman–Crippen MR) is 80.7 cm³/mol. The van der Waals surface area contributed by atoms with Gasteiger partial charge >= 0.3 is 0 Å². The topological polar surface area (TPSA) is 93.2 Å². The second-order valence-corrected chi connectivity index (χ2v) is 5.47. The van der Waals surface area contributed by atoms with E-state index in [2.05, 4.69) is 20.6 Å². The zero-order valence-electron chi connectivity index (χ0n) is 13.1. The number of H-pyrrole nitrogens is 1. The van der Waals surface area contributed by atoms with Gasteiger partial charge in [-0.25, -0.2) is 0 Å². The number of hydrogen-bond acceptors (Lipinski definition) is 6. The number of aryl methyl sites for hydroxylation is 1. The van der Waals surface area contributed by atoms with Gasteiger partial charge < -0.3 is 14.4 Å². The Morgan fingerprint density at radius 3 is 3.13 bits per heavy atom. The number of nitrogens with zero attached hydrogens (tertiary/aromatic N) is 4. The zero-order chi connectivity index (χ0) is 16.2. The normalized spacial score (nSPS) is 19.4. The van der Waals surface area contributed by atoms with Gasteiger partial charge in [-0.15, -0.1) is 10.2 Å². The van der Waals surface area contributed by atoms with Crippen LogP contribution in [0.3, 0.4) is 0 Å². The first-order valence-corrected chi connectivity index (χ1v) is 7.50. The molecule has 2 aromatic rings. The van der Waals surface area contributed by atoms with Crippen molar-refractivity contribution in [2.45, 2.75) is 26.0 Å². The highest BCUT2D eigenvalue weighted by Crippen LogP contribution is 2.23. The number of benzene rings is 1. The molecule has 8 heteroatoms. The Morgan fingerprint density at radius 1 is 1.52 bits per heavy atom. The van der Waals surface area contributed by atoms with E-state index in [4.69, 9.17) is 9.47 Å². The van der Waals surface area contributed by atoms with E-state index in [0.717, 1.165) is 5.56 Å². The lowest BCUT2D eigenvalue weighted by atomic mass is 10.2. The van der Waals surface area contributed by atoms with Crippen molar-refractivity contribution >= 4 is 5.91 Å². The van der Waals surface area contributed by atoms with Crippen molar-refractivity contribution in [3.63, 3.8) is 0 Å². The van der Waals surface area contributed by atoms with Crippen molar-refractivity contribution in [2.75, 3.05) is 19.8 Å². The zero-order valence-corrected chi connectivity index (χ0v) is 13.1. The summed E-state index contributed by atoms with van der Waals surface area (Å²) in [5, 5.41) is 13.9. The van der Waals surface area contributed by atoms with E-state index in [-0.39, 0.29) is 11.9 Å². The van der Waals surface area contributed by atoms with Crippen LogP contribution in [0.2, 0.25) is 0 Å². The van der Waals surface area contributed by atoms with Crippen LogP contribution < -0.4 is 4.74 Å². The summed E-state index contributed by atoms with van der Waals surface area (Å²) in [4.78, 5) is 14.4. The van der Waals surface area contributed by atoms with E-state index >= 15 is 0 Å². The van der Waals surface area contributed by atoms with E-state index in [0.29, 0.717) is 31.3 Å². The van der Waals surface area contributed by atoms with Crippen molar-refractivity contribution in [1.82, 2.24) is 25.5 Å². The molecule has 1 saturated heterocycles. The van der Waals surface area contributed by atoms with E-state index in [9.17, 15) is 4.79 Å².